The zero-order chi connectivity index (χ0) is 32.8. The van der Waals surface area contributed by atoms with Crippen molar-refractivity contribution >= 4 is 23.6 Å². The second kappa shape index (κ2) is 29.2. The van der Waals surface area contributed by atoms with E-state index >= 15 is 0 Å². The highest BCUT2D eigenvalue weighted by Gasteiger charge is 2.03. The molecule has 2 nitrogen and oxygen atoms in total. The summed E-state index contributed by atoms with van der Waals surface area (Å²) < 4.78 is 5.82. The molecule has 0 aliphatic heterocycles. The molecule has 2 aromatic rings. The Morgan fingerprint density at radius 3 is 1.46 bits per heavy atom. The van der Waals surface area contributed by atoms with E-state index in [0.29, 0.717) is 5.56 Å². The van der Waals surface area contributed by atoms with Gasteiger partial charge in [-0.25, -0.2) is 0 Å². The van der Waals surface area contributed by atoms with Gasteiger partial charge in [-0.15, -0.1) is 11.8 Å². The fourth-order valence-corrected chi connectivity index (χ4v) is 6.84. The van der Waals surface area contributed by atoms with Gasteiger partial charge in [-0.2, -0.15) is 0 Å². The molecular formula is C43H68O2S. The fraction of sp³-hybridized carbons (Fsp3) is 0.651. The summed E-state index contributed by atoms with van der Waals surface area (Å²) >= 11 is 1.95. The van der Waals surface area contributed by atoms with Crippen molar-refractivity contribution in [1.29, 1.82) is 0 Å². The molecule has 0 N–H and O–H groups in total. The van der Waals surface area contributed by atoms with E-state index in [9.17, 15) is 4.79 Å². The molecule has 0 heterocycles. The number of rotatable bonds is 31. The predicted octanol–water partition coefficient (Wildman–Crippen LogP) is 14.5. The van der Waals surface area contributed by atoms with Gasteiger partial charge in [0.2, 0.25) is 0 Å². The monoisotopic (exact) mass is 648 g/mol. The quantitative estimate of drug-likeness (QED) is 0.0352. The Hall–Kier alpha value is -2.00. The second-order valence-corrected chi connectivity index (χ2v) is 14.4. The Kier molecular flexibility index (Phi) is 25.5. The molecule has 0 bridgehead atoms. The molecule has 0 fully saturated rings. The topological polar surface area (TPSA) is 26.3 Å². The number of allylic oxidation sites excluding steroid dienone is 1. The highest BCUT2D eigenvalue weighted by molar-refractivity contribution is 7.99. The van der Waals surface area contributed by atoms with E-state index in [1.165, 1.54) is 158 Å². The summed E-state index contributed by atoms with van der Waals surface area (Å²) in [7, 11) is 0. The molecule has 0 aliphatic rings. The first-order chi connectivity index (χ1) is 22.7. The number of carbonyl (C=O) groups is 1. The lowest BCUT2D eigenvalue weighted by Crippen LogP contribution is -1.98. The van der Waals surface area contributed by atoms with E-state index in [4.69, 9.17) is 4.74 Å². The number of ether oxygens (including phenoxy) is 1. The number of carbonyl (C=O) groups excluding carboxylic acids is 1. The molecular weight excluding hydrogens is 581 g/mol. The molecule has 0 saturated carbocycles. The van der Waals surface area contributed by atoms with Crippen LogP contribution < -0.4 is 4.74 Å². The summed E-state index contributed by atoms with van der Waals surface area (Å²) in [6.45, 7) is 5.27. The van der Waals surface area contributed by atoms with Gasteiger partial charge in [0.05, 0.1) is 6.61 Å². The number of hydrogen-bond acceptors (Lipinski definition) is 3. The Labute approximate surface area is 289 Å². The first-order valence-corrected chi connectivity index (χ1v) is 20.4. The molecule has 0 amide bonds. The van der Waals surface area contributed by atoms with Crippen LogP contribution in [0, 0.1) is 0 Å². The standard InChI is InChI=1S/C43H68O2S/c1-3-5-7-9-10-11-12-13-14-15-16-17-18-19-20-21-22-24-26-38-46-42-34-27-39(28-35-42)29-36-43(44)40-30-32-41(33-31-40)45-37-25-23-8-6-4-2/h27-36H,3-26,37-38H2,1-2H3/b36-29+. The van der Waals surface area contributed by atoms with E-state index in [1.807, 2.05) is 42.1 Å². The zero-order valence-corrected chi connectivity index (χ0v) is 30.7. The predicted molar refractivity (Wildman–Crippen MR) is 205 cm³/mol. The number of thioether (sulfide) groups is 1. The molecule has 0 atom stereocenters. The van der Waals surface area contributed by atoms with Gasteiger partial charge in [0.25, 0.3) is 0 Å². The lowest BCUT2D eigenvalue weighted by molar-refractivity contribution is 0.104. The van der Waals surface area contributed by atoms with Crippen molar-refractivity contribution in [3.63, 3.8) is 0 Å². The lowest BCUT2D eigenvalue weighted by atomic mass is 10.0. The second-order valence-electron chi connectivity index (χ2n) is 13.3. The van der Waals surface area contributed by atoms with Gasteiger partial charge in [-0.1, -0.05) is 173 Å². The van der Waals surface area contributed by atoms with Crippen LogP contribution in [0.5, 0.6) is 5.75 Å². The van der Waals surface area contributed by atoms with Crippen molar-refractivity contribution < 1.29 is 9.53 Å². The third kappa shape index (κ3) is 21.7. The third-order valence-corrected chi connectivity index (χ3v) is 10.1. The summed E-state index contributed by atoms with van der Waals surface area (Å²) in [6, 6.07) is 16.1. The molecule has 2 aromatic carbocycles. The SMILES string of the molecule is CCCCCCCCCCCCCCCCCCCCCSc1ccc(/C=C/C(=O)c2ccc(OCCCCCCC)cc2)cc1. The van der Waals surface area contributed by atoms with Crippen LogP contribution in [0.1, 0.15) is 184 Å². The fourth-order valence-electron chi connectivity index (χ4n) is 5.92. The third-order valence-electron chi connectivity index (χ3n) is 8.98. The average molecular weight is 649 g/mol. The molecule has 0 unspecified atom stereocenters. The molecule has 46 heavy (non-hydrogen) atoms. The number of unbranched alkanes of at least 4 members (excludes halogenated alkanes) is 22. The number of hydrogen-bond donors (Lipinski definition) is 0. The maximum atomic E-state index is 12.6. The smallest absolute Gasteiger partial charge is 0.185 e. The minimum atomic E-state index is 0.0221. The minimum Gasteiger partial charge on any atom is -0.494 e. The van der Waals surface area contributed by atoms with Crippen LogP contribution in [-0.4, -0.2) is 18.1 Å². The summed E-state index contributed by atoms with van der Waals surface area (Å²) in [6.07, 6.45) is 36.8. The van der Waals surface area contributed by atoms with Crippen LogP contribution in [0.4, 0.5) is 0 Å². The van der Waals surface area contributed by atoms with Crippen LogP contribution in [0.3, 0.4) is 0 Å². The van der Waals surface area contributed by atoms with Crippen molar-refractivity contribution in [1.82, 2.24) is 0 Å². The van der Waals surface area contributed by atoms with Gasteiger partial charge < -0.3 is 4.74 Å². The van der Waals surface area contributed by atoms with Gasteiger partial charge in [-0.05, 0) is 66.6 Å². The van der Waals surface area contributed by atoms with Gasteiger partial charge in [0.1, 0.15) is 5.75 Å². The van der Waals surface area contributed by atoms with Crippen LogP contribution in [0.25, 0.3) is 6.08 Å². The Morgan fingerprint density at radius 1 is 0.543 bits per heavy atom. The van der Waals surface area contributed by atoms with Gasteiger partial charge >= 0.3 is 0 Å². The van der Waals surface area contributed by atoms with Gasteiger partial charge in [0, 0.05) is 10.5 Å². The van der Waals surface area contributed by atoms with E-state index in [1.54, 1.807) is 6.08 Å². The van der Waals surface area contributed by atoms with Crippen molar-refractivity contribution in [3.05, 3.63) is 65.7 Å². The summed E-state index contributed by atoms with van der Waals surface area (Å²) in [5.41, 5.74) is 1.75. The Bertz CT molecular complexity index is 994. The highest BCUT2D eigenvalue weighted by atomic mass is 32.2. The Morgan fingerprint density at radius 2 is 0.978 bits per heavy atom. The van der Waals surface area contributed by atoms with Gasteiger partial charge in [-0.3, -0.25) is 4.79 Å². The highest BCUT2D eigenvalue weighted by Crippen LogP contribution is 2.22. The maximum absolute atomic E-state index is 12.6. The summed E-state index contributed by atoms with van der Waals surface area (Å²) in [4.78, 5) is 13.9. The molecule has 3 heteroatoms. The largest absolute Gasteiger partial charge is 0.494 e. The average Bonchev–Trinajstić information content (AvgIpc) is 3.08. The van der Waals surface area contributed by atoms with Gasteiger partial charge in [0.15, 0.2) is 5.78 Å². The first-order valence-electron chi connectivity index (χ1n) is 19.4. The van der Waals surface area contributed by atoms with E-state index < -0.39 is 0 Å². The maximum Gasteiger partial charge on any atom is 0.185 e. The van der Waals surface area contributed by atoms with Crippen molar-refractivity contribution in [2.75, 3.05) is 12.4 Å². The molecule has 2 rings (SSSR count). The van der Waals surface area contributed by atoms with Crippen LogP contribution in [0.15, 0.2) is 59.5 Å². The summed E-state index contributed by atoms with van der Waals surface area (Å²) in [5.74, 6) is 2.05. The molecule has 0 aromatic heterocycles. The Balaban J connectivity index is 1.42. The summed E-state index contributed by atoms with van der Waals surface area (Å²) in [5, 5.41) is 0. The van der Waals surface area contributed by atoms with E-state index in [2.05, 4.69) is 38.1 Å². The normalized spacial score (nSPS) is 11.4. The van der Waals surface area contributed by atoms with Crippen LogP contribution >= 0.6 is 11.8 Å². The molecule has 0 spiro atoms. The number of benzene rings is 2. The first kappa shape index (κ1) is 40.2. The molecule has 0 aliphatic carbocycles. The van der Waals surface area contributed by atoms with Crippen molar-refractivity contribution in [3.8, 4) is 5.75 Å². The molecule has 0 saturated heterocycles. The van der Waals surface area contributed by atoms with Crippen LogP contribution in [-0.2, 0) is 0 Å². The van der Waals surface area contributed by atoms with Crippen LogP contribution in [0.2, 0.25) is 0 Å². The molecule has 258 valence electrons. The minimum absolute atomic E-state index is 0.0221. The van der Waals surface area contributed by atoms with E-state index in [0.717, 1.165) is 24.3 Å². The van der Waals surface area contributed by atoms with Crippen molar-refractivity contribution in [2.24, 2.45) is 0 Å². The lowest BCUT2D eigenvalue weighted by Gasteiger charge is -2.06. The number of ketones is 1. The molecule has 0 radical (unpaired) electrons. The van der Waals surface area contributed by atoms with Crippen molar-refractivity contribution in [2.45, 2.75) is 173 Å². The zero-order valence-electron chi connectivity index (χ0n) is 29.9. The van der Waals surface area contributed by atoms with E-state index in [-0.39, 0.29) is 5.78 Å².